The normalized spacial score (nSPS) is 13.3. The number of para-hydroxylation sites is 1. The van der Waals surface area contributed by atoms with E-state index >= 15 is 4.39 Å². The van der Waals surface area contributed by atoms with Gasteiger partial charge in [0, 0.05) is 74.0 Å². The summed E-state index contributed by atoms with van der Waals surface area (Å²) in [4.78, 5) is 43.9. The Hall–Kier alpha value is -5.88. The van der Waals surface area contributed by atoms with Crippen molar-refractivity contribution in [3.8, 4) is 16.8 Å². The highest BCUT2D eigenvalue weighted by Gasteiger charge is 2.20. The van der Waals surface area contributed by atoms with Crippen molar-refractivity contribution in [2.75, 3.05) is 31.1 Å². The topological polar surface area (TPSA) is 143 Å². The first-order chi connectivity index (χ1) is 22.2. The van der Waals surface area contributed by atoms with Crippen molar-refractivity contribution in [2.45, 2.75) is 0 Å². The van der Waals surface area contributed by atoms with Gasteiger partial charge in [-0.25, -0.2) is 18.8 Å². The van der Waals surface area contributed by atoms with Gasteiger partial charge in [-0.3, -0.25) is 19.1 Å². The van der Waals surface area contributed by atoms with Crippen molar-refractivity contribution < 1.29 is 24.2 Å². The Bertz CT molecular complexity index is 2200. The van der Waals surface area contributed by atoms with Gasteiger partial charge in [0.1, 0.15) is 5.82 Å². The molecule has 12 heteroatoms. The molecule has 3 N–H and O–H groups in total. The van der Waals surface area contributed by atoms with Crippen LogP contribution >= 0.6 is 0 Å². The van der Waals surface area contributed by atoms with E-state index in [2.05, 4.69) is 21.4 Å². The van der Waals surface area contributed by atoms with Crippen LogP contribution in [0.5, 0.6) is 0 Å². The fourth-order valence-electron chi connectivity index (χ4n) is 5.58. The van der Waals surface area contributed by atoms with Crippen LogP contribution in [0.3, 0.4) is 0 Å². The third-order valence-electron chi connectivity index (χ3n) is 7.82. The lowest BCUT2D eigenvalue weighted by Crippen LogP contribution is -2.43. The molecule has 0 amide bonds. The lowest BCUT2D eigenvalue weighted by atomic mass is 10.0. The van der Waals surface area contributed by atoms with Gasteiger partial charge in [0.2, 0.25) is 0 Å². The third kappa shape index (κ3) is 5.93. The molecule has 4 heterocycles. The number of piperazine rings is 1. The number of anilines is 1. The van der Waals surface area contributed by atoms with Crippen LogP contribution in [0.2, 0.25) is 0 Å². The average Bonchev–Trinajstić information content (AvgIpc) is 3.33. The zero-order valence-electron chi connectivity index (χ0n) is 24.7. The van der Waals surface area contributed by atoms with Gasteiger partial charge in [-0.2, -0.15) is 0 Å². The molecule has 1 saturated heterocycles. The minimum absolute atomic E-state index is 0.249. The second-order valence-electron chi connectivity index (χ2n) is 10.7. The highest BCUT2D eigenvalue weighted by Crippen LogP contribution is 2.31. The first-order valence-electron chi connectivity index (χ1n) is 14.5. The number of imidazole rings is 1. The summed E-state index contributed by atoms with van der Waals surface area (Å²) in [6, 6.07) is 21.2. The molecule has 0 spiro atoms. The molecule has 0 saturated carbocycles. The summed E-state index contributed by atoms with van der Waals surface area (Å²) in [6.45, 7) is 3.12. The van der Waals surface area contributed by atoms with Crippen molar-refractivity contribution in [1.82, 2.24) is 24.4 Å². The molecular weight excluding hydrogens is 591 g/mol. The summed E-state index contributed by atoms with van der Waals surface area (Å²) in [5, 5.41) is 20.8. The van der Waals surface area contributed by atoms with E-state index in [0.29, 0.717) is 34.6 Å². The average molecular weight is 621 g/mol. The van der Waals surface area contributed by atoms with Gasteiger partial charge in [0.05, 0.1) is 39.6 Å². The summed E-state index contributed by atoms with van der Waals surface area (Å²) < 4.78 is 18.5. The number of nitrogens with zero attached hydrogens (tertiary/aromatic N) is 5. The van der Waals surface area contributed by atoms with Crippen LogP contribution in [0.4, 0.5) is 10.1 Å². The van der Waals surface area contributed by atoms with E-state index in [1.54, 1.807) is 28.4 Å². The minimum atomic E-state index is -1.26. The molecule has 7 rings (SSSR count). The SMILES string of the molecule is Cn1c(=O)n(-c2ccc(N3CCNCC3)c(F)c2)c2c3cc(-c4cnc5ccccc5c4)ccc3ncc21.O=C(O)/C=C\C(=O)O. The lowest BCUT2D eigenvalue weighted by molar-refractivity contribution is -0.134. The molecule has 46 heavy (non-hydrogen) atoms. The number of pyridine rings is 2. The summed E-state index contributed by atoms with van der Waals surface area (Å²) in [5.74, 6) is -2.85. The van der Waals surface area contributed by atoms with E-state index in [0.717, 1.165) is 59.1 Å². The van der Waals surface area contributed by atoms with Crippen molar-refractivity contribution >= 4 is 50.5 Å². The largest absolute Gasteiger partial charge is 0.478 e. The second kappa shape index (κ2) is 12.6. The predicted octanol–water partition coefficient (Wildman–Crippen LogP) is 4.35. The zero-order valence-corrected chi connectivity index (χ0v) is 24.7. The van der Waals surface area contributed by atoms with E-state index in [1.807, 2.05) is 59.6 Å². The molecule has 3 aromatic heterocycles. The molecule has 11 nitrogen and oxygen atoms in total. The summed E-state index contributed by atoms with van der Waals surface area (Å²) in [6.07, 6.45) is 4.68. The number of carboxylic acids is 2. The van der Waals surface area contributed by atoms with Crippen LogP contribution < -0.4 is 15.9 Å². The number of aryl methyl sites for hydroxylation is 1. The maximum atomic E-state index is 15.4. The van der Waals surface area contributed by atoms with Crippen molar-refractivity contribution in [3.63, 3.8) is 0 Å². The van der Waals surface area contributed by atoms with Crippen LogP contribution in [-0.2, 0) is 16.6 Å². The monoisotopic (exact) mass is 620 g/mol. The molecule has 0 unspecified atom stereocenters. The summed E-state index contributed by atoms with van der Waals surface area (Å²) in [5.41, 5.74) is 5.81. The quantitative estimate of drug-likeness (QED) is 0.240. The van der Waals surface area contributed by atoms with Crippen molar-refractivity contribution in [3.05, 3.63) is 108 Å². The molecule has 1 aliphatic rings. The number of carbonyl (C=O) groups is 2. The van der Waals surface area contributed by atoms with Crippen molar-refractivity contribution in [1.29, 1.82) is 0 Å². The number of benzene rings is 3. The number of nitrogens with one attached hydrogen (secondary N) is 1. The fraction of sp³-hybridized carbons (Fsp3) is 0.147. The number of aromatic nitrogens is 4. The molecule has 1 fully saturated rings. The standard InChI is InChI=1S/C30H25FN6O.C4H4O4/c1-35-28-18-34-26-8-6-19(21-14-20-4-2-3-5-25(20)33-17-21)15-23(26)29(28)37(30(35)38)22-7-9-27(24(31)16-22)36-12-10-32-11-13-36;5-3(6)1-2-4(7)8/h2-9,14-18,32H,10-13H2,1H3;1-2H,(H,5,6)(H,7,8)/b;2-1-. The Labute approximate surface area is 261 Å². The maximum absolute atomic E-state index is 15.4. The van der Waals surface area contributed by atoms with E-state index in [9.17, 15) is 14.4 Å². The van der Waals surface area contributed by atoms with Gasteiger partial charge in [-0.15, -0.1) is 0 Å². The highest BCUT2D eigenvalue weighted by molar-refractivity contribution is 6.05. The number of rotatable bonds is 5. The molecule has 1 aliphatic heterocycles. The van der Waals surface area contributed by atoms with E-state index in [1.165, 1.54) is 6.07 Å². The Morgan fingerprint density at radius 1 is 0.870 bits per heavy atom. The van der Waals surface area contributed by atoms with E-state index in [-0.39, 0.29) is 11.5 Å². The first-order valence-corrected chi connectivity index (χ1v) is 14.5. The first kappa shape index (κ1) is 30.2. The number of hydrogen-bond acceptors (Lipinski definition) is 7. The molecule has 0 atom stereocenters. The van der Waals surface area contributed by atoms with Gasteiger partial charge < -0.3 is 20.4 Å². The molecular formula is C34H29FN6O5. The number of halogens is 1. The third-order valence-corrected chi connectivity index (χ3v) is 7.82. The van der Waals surface area contributed by atoms with Gasteiger partial charge >= 0.3 is 17.6 Å². The molecule has 0 radical (unpaired) electrons. The fourth-order valence-corrected chi connectivity index (χ4v) is 5.58. The highest BCUT2D eigenvalue weighted by atomic mass is 19.1. The van der Waals surface area contributed by atoms with Crippen molar-refractivity contribution in [2.24, 2.45) is 7.05 Å². The van der Waals surface area contributed by atoms with Crippen LogP contribution in [0.15, 0.2) is 96.1 Å². The van der Waals surface area contributed by atoms with Gasteiger partial charge in [-0.05, 0) is 42.0 Å². The number of aliphatic carboxylic acids is 2. The Kier molecular flexibility index (Phi) is 8.27. The van der Waals surface area contributed by atoms with Crippen LogP contribution in [-0.4, -0.2) is 67.4 Å². The van der Waals surface area contributed by atoms with Gasteiger partial charge in [0.25, 0.3) is 0 Å². The van der Waals surface area contributed by atoms with E-state index < -0.39 is 11.9 Å². The molecule has 6 aromatic rings. The summed E-state index contributed by atoms with van der Waals surface area (Å²) in [7, 11) is 1.72. The van der Waals surface area contributed by atoms with E-state index in [4.69, 9.17) is 10.2 Å². The number of fused-ring (bicyclic) bond motifs is 4. The smallest absolute Gasteiger partial charge is 0.333 e. The maximum Gasteiger partial charge on any atom is 0.333 e. The molecule has 3 aromatic carbocycles. The van der Waals surface area contributed by atoms with Crippen LogP contribution in [0.25, 0.3) is 49.7 Å². The minimum Gasteiger partial charge on any atom is -0.478 e. The molecule has 232 valence electrons. The molecule has 0 aliphatic carbocycles. The number of carboxylic acid groups (broad SMARTS) is 2. The lowest BCUT2D eigenvalue weighted by Gasteiger charge is -2.29. The Morgan fingerprint density at radius 2 is 1.59 bits per heavy atom. The van der Waals surface area contributed by atoms with Gasteiger partial charge in [-0.1, -0.05) is 24.3 Å². The predicted molar refractivity (Wildman–Crippen MR) is 174 cm³/mol. The molecule has 0 bridgehead atoms. The summed E-state index contributed by atoms with van der Waals surface area (Å²) >= 11 is 0. The Balaban J connectivity index is 0.000000414. The van der Waals surface area contributed by atoms with Crippen LogP contribution in [0.1, 0.15) is 0 Å². The number of hydrogen-bond donors (Lipinski definition) is 3. The van der Waals surface area contributed by atoms with Gasteiger partial charge in [0.15, 0.2) is 0 Å². The Morgan fingerprint density at radius 3 is 2.30 bits per heavy atom. The second-order valence-corrected chi connectivity index (χ2v) is 10.7. The van der Waals surface area contributed by atoms with Crippen LogP contribution in [0, 0.1) is 5.82 Å². The zero-order chi connectivity index (χ0) is 32.4.